The predicted octanol–water partition coefficient (Wildman–Crippen LogP) is 2.17. The maximum atomic E-state index is 11.5. The van der Waals surface area contributed by atoms with Crippen LogP contribution >= 0.6 is 0 Å². The number of esters is 2. The van der Waals surface area contributed by atoms with Crippen molar-refractivity contribution in [2.75, 3.05) is 13.2 Å². The Morgan fingerprint density at radius 1 is 0.842 bits per heavy atom. The van der Waals surface area contributed by atoms with Crippen molar-refractivity contribution >= 4 is 80.8 Å². The molecule has 0 amide bonds. The van der Waals surface area contributed by atoms with Gasteiger partial charge in [-0.2, -0.15) is 0 Å². The van der Waals surface area contributed by atoms with Gasteiger partial charge in [-0.1, -0.05) is 13.8 Å². The number of hydrogen-bond acceptors (Lipinski definition) is 4. The van der Waals surface area contributed by atoms with Gasteiger partial charge < -0.3 is 9.47 Å². The van der Waals surface area contributed by atoms with E-state index in [1.165, 1.54) is 0 Å². The predicted molar refractivity (Wildman–Crippen MR) is 74.7 cm³/mol. The molecule has 0 unspecified atom stereocenters. The van der Waals surface area contributed by atoms with Crippen LogP contribution < -0.4 is 0 Å². The van der Waals surface area contributed by atoms with E-state index in [9.17, 15) is 9.59 Å². The summed E-state index contributed by atoms with van der Waals surface area (Å²) in [6.45, 7) is 4.67. The minimum atomic E-state index is -0.370. The average molecular weight is 384 g/mol. The number of ether oxygens (including phenoxy) is 2. The fourth-order valence-corrected chi connectivity index (χ4v) is 1.30. The van der Waals surface area contributed by atoms with Crippen LogP contribution in [0.1, 0.15) is 47.4 Å². The second-order valence-electron chi connectivity index (χ2n) is 3.85. The summed E-state index contributed by atoms with van der Waals surface area (Å²) in [5.74, 6) is -0.740. The molecule has 1 aromatic rings. The van der Waals surface area contributed by atoms with Crippen LogP contribution in [-0.2, 0) is 9.47 Å². The molecule has 0 saturated heterocycles. The molecule has 0 N–H and O–H groups in total. The number of carbonyl (C=O) groups excluding carboxylic acids is 2. The van der Waals surface area contributed by atoms with Crippen molar-refractivity contribution in [3.05, 3.63) is 35.4 Å². The van der Waals surface area contributed by atoms with E-state index in [-0.39, 0.29) is 80.8 Å². The zero-order valence-electron chi connectivity index (χ0n) is 10.8. The van der Waals surface area contributed by atoms with E-state index in [0.29, 0.717) is 24.3 Å². The molecule has 1 rings (SSSR count). The molecule has 0 aliphatic rings. The molecule has 0 bridgehead atoms. The molecule has 0 aliphatic heterocycles. The van der Waals surface area contributed by atoms with Crippen LogP contribution in [-0.4, -0.2) is 94.0 Å². The quantitative estimate of drug-likeness (QED) is 0.706. The second-order valence-corrected chi connectivity index (χ2v) is 3.85. The zero-order valence-corrected chi connectivity index (χ0v) is 10.8. The van der Waals surface area contributed by atoms with Crippen molar-refractivity contribution in [2.24, 2.45) is 0 Å². The van der Waals surface area contributed by atoms with Crippen LogP contribution in [0.4, 0.5) is 0 Å². The van der Waals surface area contributed by atoms with E-state index in [0.717, 1.165) is 12.8 Å². The fourth-order valence-electron chi connectivity index (χ4n) is 1.30. The van der Waals surface area contributed by atoms with Crippen LogP contribution in [0.5, 0.6) is 0 Å². The standard InChI is InChI=1S/C14H18O4.Cs.H/c1-3-9-17-13(15)11-5-7-12(8-6-11)14(16)18-10-4-2;;/h5-8H,3-4,9-10H2,1-2H3;;. The first-order valence-corrected chi connectivity index (χ1v) is 6.13. The molecular formula is C14H19CsO4. The topological polar surface area (TPSA) is 52.6 Å². The summed E-state index contributed by atoms with van der Waals surface area (Å²) in [5.41, 5.74) is 0.881. The average Bonchev–Trinajstić information content (AvgIpc) is 2.42. The van der Waals surface area contributed by atoms with E-state index >= 15 is 0 Å². The SMILES string of the molecule is CCCOC(=O)c1ccc(C(=O)OCCC)cc1.[CsH]. The van der Waals surface area contributed by atoms with Crippen molar-refractivity contribution in [3.8, 4) is 0 Å². The number of carbonyl (C=O) groups is 2. The van der Waals surface area contributed by atoms with Crippen LogP contribution in [0.25, 0.3) is 0 Å². The number of hydrogen-bond donors (Lipinski definition) is 0. The molecule has 4 nitrogen and oxygen atoms in total. The summed E-state index contributed by atoms with van der Waals surface area (Å²) in [5, 5.41) is 0. The van der Waals surface area contributed by atoms with Gasteiger partial charge >= 0.3 is 80.8 Å². The van der Waals surface area contributed by atoms with Crippen molar-refractivity contribution < 1.29 is 19.1 Å². The van der Waals surface area contributed by atoms with Crippen molar-refractivity contribution in [1.29, 1.82) is 0 Å². The zero-order chi connectivity index (χ0) is 13.4. The number of benzene rings is 1. The molecule has 0 aliphatic carbocycles. The van der Waals surface area contributed by atoms with Crippen molar-refractivity contribution in [2.45, 2.75) is 26.7 Å². The Labute approximate surface area is 172 Å². The van der Waals surface area contributed by atoms with Crippen molar-refractivity contribution in [3.63, 3.8) is 0 Å². The molecule has 5 heteroatoms. The van der Waals surface area contributed by atoms with Gasteiger partial charge in [0.15, 0.2) is 0 Å². The van der Waals surface area contributed by atoms with Gasteiger partial charge in [-0.15, -0.1) is 0 Å². The first kappa shape index (κ1) is 19.2. The molecule has 0 heterocycles. The minimum absolute atomic E-state index is 0. The summed E-state index contributed by atoms with van der Waals surface area (Å²) in [4.78, 5) is 23.0. The van der Waals surface area contributed by atoms with Gasteiger partial charge in [-0.25, -0.2) is 9.59 Å². The van der Waals surface area contributed by atoms with Crippen LogP contribution in [0.15, 0.2) is 24.3 Å². The Morgan fingerprint density at radius 3 is 1.42 bits per heavy atom. The van der Waals surface area contributed by atoms with Gasteiger partial charge in [-0.3, -0.25) is 0 Å². The molecule has 19 heavy (non-hydrogen) atoms. The van der Waals surface area contributed by atoms with E-state index < -0.39 is 0 Å². The second kappa shape index (κ2) is 10.9. The molecular weight excluding hydrogens is 365 g/mol. The summed E-state index contributed by atoms with van der Waals surface area (Å²) in [6, 6.07) is 6.28. The third-order valence-corrected chi connectivity index (χ3v) is 2.23. The molecule has 100 valence electrons. The molecule has 0 saturated carbocycles. The molecule has 0 radical (unpaired) electrons. The first-order chi connectivity index (χ1) is 8.69. The third-order valence-electron chi connectivity index (χ3n) is 2.23. The van der Waals surface area contributed by atoms with Gasteiger partial charge in [0.05, 0.1) is 24.3 Å². The van der Waals surface area contributed by atoms with E-state index in [1.54, 1.807) is 24.3 Å². The summed E-state index contributed by atoms with van der Waals surface area (Å²) in [6.07, 6.45) is 1.57. The monoisotopic (exact) mass is 384 g/mol. The first-order valence-electron chi connectivity index (χ1n) is 6.13. The summed E-state index contributed by atoms with van der Waals surface area (Å²) < 4.78 is 9.97. The summed E-state index contributed by atoms with van der Waals surface area (Å²) in [7, 11) is 0. The van der Waals surface area contributed by atoms with Crippen LogP contribution in [0, 0.1) is 0 Å². The Bertz CT molecular complexity index is 361. The molecule has 0 atom stereocenters. The van der Waals surface area contributed by atoms with Crippen LogP contribution in [0.2, 0.25) is 0 Å². The molecule has 0 spiro atoms. The van der Waals surface area contributed by atoms with Crippen molar-refractivity contribution in [1.82, 2.24) is 0 Å². The molecule has 0 fully saturated rings. The Balaban J connectivity index is 0.00000324. The molecule has 0 aromatic heterocycles. The summed E-state index contributed by atoms with van der Waals surface area (Å²) >= 11 is 0. The van der Waals surface area contributed by atoms with Gasteiger partial charge in [0.1, 0.15) is 0 Å². The van der Waals surface area contributed by atoms with Gasteiger partial charge in [0.25, 0.3) is 0 Å². The Morgan fingerprint density at radius 2 is 1.16 bits per heavy atom. The van der Waals surface area contributed by atoms with E-state index in [2.05, 4.69) is 0 Å². The van der Waals surface area contributed by atoms with E-state index in [1.807, 2.05) is 13.8 Å². The van der Waals surface area contributed by atoms with Gasteiger partial charge in [-0.05, 0) is 37.1 Å². The Hall–Kier alpha value is 0.212. The van der Waals surface area contributed by atoms with Gasteiger partial charge in [0.2, 0.25) is 0 Å². The Kier molecular flexibility index (Phi) is 11.1. The van der Waals surface area contributed by atoms with Gasteiger partial charge in [0, 0.05) is 0 Å². The fraction of sp³-hybridized carbons (Fsp3) is 0.429. The van der Waals surface area contributed by atoms with E-state index in [4.69, 9.17) is 9.47 Å². The number of rotatable bonds is 6. The maximum absolute atomic E-state index is 11.5. The molecule has 1 aromatic carbocycles. The normalized spacial score (nSPS) is 9.37. The third kappa shape index (κ3) is 6.97. The van der Waals surface area contributed by atoms with Crippen LogP contribution in [0.3, 0.4) is 0 Å².